The summed E-state index contributed by atoms with van der Waals surface area (Å²) in [5.74, 6) is -3.53. The van der Waals surface area contributed by atoms with Crippen molar-refractivity contribution in [1.29, 1.82) is 0 Å². The average Bonchev–Trinajstić information content (AvgIpc) is 2.43. The van der Waals surface area contributed by atoms with Crippen LogP contribution in [0.4, 0.5) is 4.39 Å². The highest BCUT2D eigenvalue weighted by Crippen LogP contribution is 2.03. The predicted molar refractivity (Wildman–Crippen MR) is 69.0 cm³/mol. The maximum atomic E-state index is 12.9. The summed E-state index contributed by atoms with van der Waals surface area (Å²) >= 11 is 0. The number of amides is 1. The van der Waals surface area contributed by atoms with E-state index in [1.54, 1.807) is 6.92 Å². The van der Waals surface area contributed by atoms with Gasteiger partial charge in [0, 0.05) is 6.42 Å². The number of aromatic nitrogens is 1. The van der Waals surface area contributed by atoms with Gasteiger partial charge in [0.15, 0.2) is 0 Å². The number of rotatable bonds is 7. The first-order valence-electron chi connectivity index (χ1n) is 6.26. The number of esters is 1. The predicted octanol–water partition coefficient (Wildman–Crippen LogP) is 0.747. The van der Waals surface area contributed by atoms with E-state index in [1.807, 2.05) is 0 Å². The molecular weight excluding hydrogens is 283 g/mol. The average molecular weight is 298 g/mol. The van der Waals surface area contributed by atoms with Crippen molar-refractivity contribution in [2.24, 2.45) is 0 Å². The second kappa shape index (κ2) is 7.93. The fourth-order valence-corrected chi connectivity index (χ4v) is 1.52. The van der Waals surface area contributed by atoms with Gasteiger partial charge >= 0.3 is 11.9 Å². The molecule has 0 fully saturated rings. The molecule has 1 aromatic rings. The van der Waals surface area contributed by atoms with Crippen LogP contribution in [-0.4, -0.2) is 40.6 Å². The molecule has 7 nitrogen and oxygen atoms in total. The summed E-state index contributed by atoms with van der Waals surface area (Å²) < 4.78 is 17.6. The summed E-state index contributed by atoms with van der Waals surface area (Å²) in [6.45, 7) is 1.82. The maximum absolute atomic E-state index is 12.9. The summed E-state index contributed by atoms with van der Waals surface area (Å²) in [6, 6.07) is 2.31. The Morgan fingerprint density at radius 2 is 2.14 bits per heavy atom. The Morgan fingerprint density at radius 1 is 1.43 bits per heavy atom. The standard InChI is InChI=1S/C13H15FN2O5/c1-2-21-11(17)7-6-9(13(19)20)16-12(18)8-4-3-5-10(14)15-8/h3-5,9H,2,6-7H2,1H3,(H,16,18)(H,19,20)/t9-/m0/s1. The van der Waals surface area contributed by atoms with Crippen molar-refractivity contribution in [3.8, 4) is 0 Å². The lowest BCUT2D eigenvalue weighted by atomic mass is 10.1. The molecule has 0 radical (unpaired) electrons. The number of nitrogens with zero attached hydrogens (tertiary/aromatic N) is 1. The highest BCUT2D eigenvalue weighted by atomic mass is 19.1. The molecule has 0 unspecified atom stereocenters. The van der Waals surface area contributed by atoms with E-state index < -0.39 is 29.8 Å². The molecule has 0 aromatic carbocycles. The quantitative estimate of drug-likeness (QED) is 0.568. The number of halogens is 1. The smallest absolute Gasteiger partial charge is 0.326 e. The first kappa shape index (κ1) is 16.5. The largest absolute Gasteiger partial charge is 0.480 e. The van der Waals surface area contributed by atoms with Crippen molar-refractivity contribution >= 4 is 17.8 Å². The van der Waals surface area contributed by atoms with E-state index in [-0.39, 0.29) is 25.1 Å². The summed E-state index contributed by atoms with van der Waals surface area (Å²) in [6.07, 6.45) is -0.281. The van der Waals surface area contributed by atoms with E-state index in [4.69, 9.17) is 5.11 Å². The van der Waals surface area contributed by atoms with Crippen molar-refractivity contribution < 1.29 is 28.6 Å². The van der Waals surface area contributed by atoms with Crippen molar-refractivity contribution in [2.45, 2.75) is 25.8 Å². The maximum Gasteiger partial charge on any atom is 0.326 e. The molecule has 21 heavy (non-hydrogen) atoms. The van der Waals surface area contributed by atoms with Crippen LogP contribution in [0.25, 0.3) is 0 Å². The Hall–Kier alpha value is -2.51. The monoisotopic (exact) mass is 298 g/mol. The number of aliphatic carboxylic acids is 1. The summed E-state index contributed by atoms with van der Waals surface area (Å²) in [5.41, 5.74) is -0.239. The van der Waals surface area contributed by atoms with Crippen molar-refractivity contribution in [2.75, 3.05) is 6.61 Å². The Balaban J connectivity index is 2.64. The van der Waals surface area contributed by atoms with Crippen LogP contribution in [0.15, 0.2) is 18.2 Å². The third kappa shape index (κ3) is 5.55. The van der Waals surface area contributed by atoms with Gasteiger partial charge in [0.25, 0.3) is 5.91 Å². The van der Waals surface area contributed by atoms with Crippen LogP contribution in [0.1, 0.15) is 30.3 Å². The highest BCUT2D eigenvalue weighted by Gasteiger charge is 2.22. The summed E-state index contributed by atoms with van der Waals surface area (Å²) in [7, 11) is 0. The van der Waals surface area contributed by atoms with Crippen LogP contribution >= 0.6 is 0 Å². The van der Waals surface area contributed by atoms with Crippen LogP contribution in [0, 0.1) is 5.95 Å². The number of nitrogens with one attached hydrogen (secondary N) is 1. The van der Waals surface area contributed by atoms with E-state index in [0.717, 1.165) is 6.07 Å². The molecule has 0 bridgehead atoms. The first-order chi connectivity index (χ1) is 9.93. The number of carbonyl (C=O) groups excluding carboxylic acids is 2. The van der Waals surface area contributed by atoms with Gasteiger partial charge in [0.1, 0.15) is 11.7 Å². The van der Waals surface area contributed by atoms with E-state index >= 15 is 0 Å². The minimum absolute atomic E-state index is 0.130. The zero-order valence-electron chi connectivity index (χ0n) is 11.3. The molecule has 1 atom stereocenters. The summed E-state index contributed by atoms with van der Waals surface area (Å²) in [4.78, 5) is 37.3. The summed E-state index contributed by atoms with van der Waals surface area (Å²) in [5, 5.41) is 11.2. The van der Waals surface area contributed by atoms with Gasteiger partial charge in [-0.15, -0.1) is 0 Å². The van der Waals surface area contributed by atoms with Crippen LogP contribution in [-0.2, 0) is 14.3 Å². The number of hydrogen-bond acceptors (Lipinski definition) is 5. The minimum atomic E-state index is -1.30. The van der Waals surface area contributed by atoms with Gasteiger partial charge in [-0.05, 0) is 25.5 Å². The minimum Gasteiger partial charge on any atom is -0.480 e. The molecule has 0 saturated heterocycles. The number of carboxylic acids is 1. The number of ether oxygens (including phenoxy) is 1. The molecule has 114 valence electrons. The highest BCUT2D eigenvalue weighted by molar-refractivity contribution is 5.95. The van der Waals surface area contributed by atoms with Gasteiger partial charge in [-0.3, -0.25) is 9.59 Å². The third-order valence-corrected chi connectivity index (χ3v) is 2.49. The molecular formula is C13H15FN2O5. The lowest BCUT2D eigenvalue weighted by Crippen LogP contribution is -2.41. The van der Waals surface area contributed by atoms with Crippen LogP contribution in [0.2, 0.25) is 0 Å². The lowest BCUT2D eigenvalue weighted by Gasteiger charge is -2.13. The number of pyridine rings is 1. The van der Waals surface area contributed by atoms with E-state index in [0.29, 0.717) is 0 Å². The molecule has 0 saturated carbocycles. The zero-order chi connectivity index (χ0) is 15.8. The van der Waals surface area contributed by atoms with Crippen LogP contribution in [0.3, 0.4) is 0 Å². The van der Waals surface area contributed by atoms with Crippen molar-refractivity contribution in [3.05, 3.63) is 29.8 Å². The number of hydrogen-bond donors (Lipinski definition) is 2. The molecule has 0 aliphatic heterocycles. The first-order valence-corrected chi connectivity index (χ1v) is 6.26. The molecule has 8 heteroatoms. The Labute approximate surface area is 120 Å². The Morgan fingerprint density at radius 3 is 2.71 bits per heavy atom. The van der Waals surface area contributed by atoms with Crippen LogP contribution in [0.5, 0.6) is 0 Å². The third-order valence-electron chi connectivity index (χ3n) is 2.49. The molecule has 0 aliphatic carbocycles. The lowest BCUT2D eigenvalue weighted by molar-refractivity contribution is -0.144. The van der Waals surface area contributed by atoms with Gasteiger partial charge in [0.05, 0.1) is 6.61 Å². The molecule has 0 spiro atoms. The molecule has 0 aliphatic rings. The SMILES string of the molecule is CCOC(=O)CC[C@H](NC(=O)c1cccc(F)n1)C(=O)O. The normalized spacial score (nSPS) is 11.5. The van der Waals surface area contributed by atoms with Gasteiger partial charge in [0.2, 0.25) is 5.95 Å². The molecule has 2 N–H and O–H groups in total. The molecule has 1 heterocycles. The van der Waals surface area contributed by atoms with Gasteiger partial charge in [-0.25, -0.2) is 9.78 Å². The fraction of sp³-hybridized carbons (Fsp3) is 0.385. The van der Waals surface area contributed by atoms with E-state index in [9.17, 15) is 18.8 Å². The van der Waals surface area contributed by atoms with Crippen molar-refractivity contribution in [3.63, 3.8) is 0 Å². The molecule has 1 rings (SSSR count). The van der Waals surface area contributed by atoms with Gasteiger partial charge in [-0.1, -0.05) is 6.07 Å². The Bertz CT molecular complexity index is 535. The van der Waals surface area contributed by atoms with Crippen molar-refractivity contribution in [1.82, 2.24) is 10.3 Å². The van der Waals surface area contributed by atoms with Gasteiger partial charge in [-0.2, -0.15) is 4.39 Å². The van der Waals surface area contributed by atoms with E-state index in [1.165, 1.54) is 12.1 Å². The topological polar surface area (TPSA) is 106 Å². The second-order valence-corrected chi connectivity index (χ2v) is 4.05. The van der Waals surface area contributed by atoms with Gasteiger partial charge < -0.3 is 15.2 Å². The Kier molecular flexibility index (Phi) is 6.25. The van der Waals surface area contributed by atoms with Crippen LogP contribution < -0.4 is 5.32 Å². The molecule has 1 aromatic heterocycles. The zero-order valence-corrected chi connectivity index (χ0v) is 11.3. The van der Waals surface area contributed by atoms with E-state index in [2.05, 4.69) is 15.0 Å². The second-order valence-electron chi connectivity index (χ2n) is 4.05. The fourth-order valence-electron chi connectivity index (χ4n) is 1.52. The number of carbonyl (C=O) groups is 3. The molecule has 1 amide bonds. The number of carboxylic acid groups (broad SMARTS) is 1.